The first-order chi connectivity index (χ1) is 10.5. The molecule has 1 aromatic heterocycles. The fourth-order valence-corrected chi connectivity index (χ4v) is 2.49. The second kappa shape index (κ2) is 5.25. The summed E-state index contributed by atoms with van der Waals surface area (Å²) in [5.74, 6) is -1.34. The van der Waals surface area contributed by atoms with E-state index < -0.39 is 11.8 Å². The highest BCUT2D eigenvalue weighted by molar-refractivity contribution is 5.99. The van der Waals surface area contributed by atoms with E-state index in [1.807, 2.05) is 0 Å². The van der Waals surface area contributed by atoms with E-state index in [0.717, 1.165) is 0 Å². The molecule has 22 heavy (non-hydrogen) atoms. The lowest BCUT2D eigenvalue weighted by Gasteiger charge is -2.14. The first-order valence-corrected chi connectivity index (χ1v) is 6.81. The Morgan fingerprint density at radius 2 is 2.23 bits per heavy atom. The van der Waals surface area contributed by atoms with E-state index in [1.165, 1.54) is 29.4 Å². The number of fused-ring (bicyclic) bond motifs is 3. The van der Waals surface area contributed by atoms with Gasteiger partial charge in [-0.25, -0.2) is 14.2 Å². The highest BCUT2D eigenvalue weighted by Gasteiger charge is 2.29. The molecule has 1 aliphatic rings. The number of nitrogens with zero attached hydrogens (tertiary/aromatic N) is 3. The standard InChI is InChI=1S/C15H14FN3O3/c1-3-22-15(21)13-12-7-18(2)14(20)10-6-9(16)4-5-11(10)19(12)8-17-13/h4-6,8H,3,7H2,1-2H3/i16-1. The van der Waals surface area contributed by atoms with E-state index in [4.69, 9.17) is 4.74 Å². The Balaban J connectivity index is 2.20. The van der Waals surface area contributed by atoms with Crippen LogP contribution in [0.25, 0.3) is 5.69 Å². The molecule has 2 heterocycles. The van der Waals surface area contributed by atoms with Crippen LogP contribution in [-0.2, 0) is 11.3 Å². The predicted octanol–water partition coefficient (Wildman–Crippen LogP) is 1.77. The summed E-state index contributed by atoms with van der Waals surface area (Å²) in [6.07, 6.45) is 1.45. The fraction of sp³-hybridized carbons (Fsp3) is 0.267. The van der Waals surface area contributed by atoms with E-state index >= 15 is 0 Å². The number of halogens is 1. The van der Waals surface area contributed by atoms with Crippen molar-refractivity contribution in [1.82, 2.24) is 14.5 Å². The third kappa shape index (κ3) is 2.14. The van der Waals surface area contributed by atoms with Crippen molar-refractivity contribution in [2.24, 2.45) is 0 Å². The lowest BCUT2D eigenvalue weighted by atomic mass is 10.1. The lowest BCUT2D eigenvalue weighted by molar-refractivity contribution is 0.0516. The molecule has 0 unspecified atom stereocenters. The fourth-order valence-electron chi connectivity index (χ4n) is 2.49. The predicted molar refractivity (Wildman–Crippen MR) is 75.3 cm³/mol. The van der Waals surface area contributed by atoms with Crippen molar-refractivity contribution in [1.29, 1.82) is 0 Å². The van der Waals surface area contributed by atoms with Crippen molar-refractivity contribution >= 4 is 11.9 Å². The smallest absolute Gasteiger partial charge is 0.358 e. The van der Waals surface area contributed by atoms with Crippen molar-refractivity contribution in [3.63, 3.8) is 0 Å². The molecule has 1 aliphatic heterocycles. The van der Waals surface area contributed by atoms with E-state index in [9.17, 15) is 14.0 Å². The van der Waals surface area contributed by atoms with E-state index in [0.29, 0.717) is 11.4 Å². The average molecular weight is 302 g/mol. The van der Waals surface area contributed by atoms with E-state index in [-0.39, 0.29) is 30.3 Å². The lowest BCUT2D eigenvalue weighted by Crippen LogP contribution is -2.26. The Morgan fingerprint density at radius 3 is 2.95 bits per heavy atom. The molecule has 0 fully saturated rings. The van der Waals surface area contributed by atoms with Gasteiger partial charge in [0.25, 0.3) is 5.91 Å². The summed E-state index contributed by atoms with van der Waals surface area (Å²) in [5, 5.41) is 0. The van der Waals surface area contributed by atoms with Gasteiger partial charge in [-0.15, -0.1) is 0 Å². The maximum Gasteiger partial charge on any atom is 0.358 e. The Hall–Kier alpha value is -2.70. The summed E-state index contributed by atoms with van der Waals surface area (Å²) in [6, 6.07) is 3.96. The number of carbonyl (C=O) groups excluding carboxylic acids is 2. The third-order valence-electron chi connectivity index (χ3n) is 3.52. The van der Waals surface area contributed by atoms with Crippen LogP contribution in [0.3, 0.4) is 0 Å². The van der Waals surface area contributed by atoms with Gasteiger partial charge >= 0.3 is 5.97 Å². The molecule has 1 aromatic carbocycles. The molecule has 7 heteroatoms. The monoisotopic (exact) mass is 302 g/mol. The summed E-state index contributed by atoms with van der Waals surface area (Å²) >= 11 is 0. The zero-order chi connectivity index (χ0) is 15.9. The number of rotatable bonds is 2. The SMILES string of the molecule is CCOC(=O)c1ncn2c1CN(C)C(=O)c1cc([18F])ccc1-2. The molecule has 0 bridgehead atoms. The number of amides is 1. The van der Waals surface area contributed by atoms with Gasteiger partial charge in [-0.3, -0.25) is 9.36 Å². The molecule has 3 rings (SSSR count). The van der Waals surface area contributed by atoms with Gasteiger partial charge in [-0.1, -0.05) is 0 Å². The third-order valence-corrected chi connectivity index (χ3v) is 3.52. The zero-order valence-corrected chi connectivity index (χ0v) is 12.2. The van der Waals surface area contributed by atoms with E-state index in [2.05, 4.69) is 4.98 Å². The quantitative estimate of drug-likeness (QED) is 0.793. The summed E-state index contributed by atoms with van der Waals surface area (Å²) in [5.41, 5.74) is 1.43. The van der Waals surface area contributed by atoms with Crippen molar-refractivity contribution in [2.45, 2.75) is 13.5 Å². The van der Waals surface area contributed by atoms with Crippen LogP contribution in [0.2, 0.25) is 0 Å². The number of ether oxygens (including phenoxy) is 1. The summed E-state index contributed by atoms with van der Waals surface area (Å²) in [6.45, 7) is 2.13. The Morgan fingerprint density at radius 1 is 1.45 bits per heavy atom. The molecule has 0 spiro atoms. The molecule has 0 N–H and O–H groups in total. The number of hydrogen-bond acceptors (Lipinski definition) is 4. The number of esters is 1. The van der Waals surface area contributed by atoms with Crippen LogP contribution in [0.1, 0.15) is 33.5 Å². The number of benzene rings is 1. The molecule has 0 atom stereocenters. The largest absolute Gasteiger partial charge is 0.461 e. The molecule has 2 aromatic rings. The Kier molecular flexibility index (Phi) is 3.40. The normalized spacial score (nSPS) is 13.4. The molecule has 6 nitrogen and oxygen atoms in total. The molecule has 1 amide bonds. The molecular formula is C15H14FN3O3. The van der Waals surface area contributed by atoms with Crippen LogP contribution >= 0.6 is 0 Å². The average Bonchev–Trinajstić information content (AvgIpc) is 2.86. The van der Waals surface area contributed by atoms with Gasteiger partial charge in [0.1, 0.15) is 12.1 Å². The van der Waals surface area contributed by atoms with Crippen molar-refractivity contribution < 1.29 is 18.7 Å². The molecule has 0 saturated carbocycles. The van der Waals surface area contributed by atoms with Gasteiger partial charge in [0.15, 0.2) is 5.69 Å². The molecule has 0 saturated heterocycles. The summed E-state index contributed by atoms with van der Waals surface area (Å²) in [4.78, 5) is 29.9. The minimum atomic E-state index is -0.539. The van der Waals surface area contributed by atoms with Crippen molar-refractivity contribution in [3.8, 4) is 5.69 Å². The maximum atomic E-state index is 13.5. The highest BCUT2D eigenvalue weighted by Crippen LogP contribution is 2.26. The second-order valence-corrected chi connectivity index (χ2v) is 4.95. The topological polar surface area (TPSA) is 64.4 Å². The van der Waals surface area contributed by atoms with Gasteiger partial charge < -0.3 is 9.64 Å². The van der Waals surface area contributed by atoms with Crippen LogP contribution in [0.4, 0.5) is 4.39 Å². The van der Waals surface area contributed by atoms with Crippen LogP contribution in [-0.4, -0.2) is 40.0 Å². The summed E-state index contributed by atoms with van der Waals surface area (Å²) < 4.78 is 20.1. The molecular weight excluding hydrogens is 288 g/mol. The van der Waals surface area contributed by atoms with Crippen LogP contribution in [0, 0.1) is 5.82 Å². The number of carbonyl (C=O) groups is 2. The van der Waals surface area contributed by atoms with E-state index in [1.54, 1.807) is 18.5 Å². The number of aromatic nitrogens is 2. The zero-order valence-electron chi connectivity index (χ0n) is 12.2. The van der Waals surface area contributed by atoms with Gasteiger partial charge in [0, 0.05) is 7.05 Å². The second-order valence-electron chi connectivity index (χ2n) is 4.95. The van der Waals surface area contributed by atoms with Crippen LogP contribution in [0.5, 0.6) is 0 Å². The molecule has 0 radical (unpaired) electrons. The van der Waals surface area contributed by atoms with Gasteiger partial charge in [-0.05, 0) is 25.1 Å². The first kappa shape index (κ1) is 14.2. The van der Waals surface area contributed by atoms with Crippen LogP contribution < -0.4 is 0 Å². The maximum absolute atomic E-state index is 13.5. The number of imidazole rings is 1. The minimum absolute atomic E-state index is 0.165. The minimum Gasteiger partial charge on any atom is -0.461 e. The highest BCUT2D eigenvalue weighted by atomic mass is 18.2. The molecule has 114 valence electrons. The Bertz CT molecular complexity index is 769. The van der Waals surface area contributed by atoms with Crippen LogP contribution in [0.15, 0.2) is 24.5 Å². The number of hydrogen-bond donors (Lipinski definition) is 0. The first-order valence-electron chi connectivity index (χ1n) is 6.81. The molecule has 0 aliphatic carbocycles. The van der Waals surface area contributed by atoms with Crippen molar-refractivity contribution in [3.05, 3.63) is 47.3 Å². The Labute approximate surface area is 126 Å². The van der Waals surface area contributed by atoms with Gasteiger partial charge in [0.05, 0.1) is 30.1 Å². The van der Waals surface area contributed by atoms with Gasteiger partial charge in [0.2, 0.25) is 0 Å². The van der Waals surface area contributed by atoms with Crippen molar-refractivity contribution in [2.75, 3.05) is 13.7 Å². The van der Waals surface area contributed by atoms with Gasteiger partial charge in [-0.2, -0.15) is 0 Å². The summed E-state index contributed by atoms with van der Waals surface area (Å²) in [7, 11) is 1.59.